The first-order chi connectivity index (χ1) is 11.2. The first kappa shape index (κ1) is 15.4. The van der Waals surface area contributed by atoms with Crippen molar-refractivity contribution in [3.05, 3.63) is 72.0 Å². The second-order valence-corrected chi connectivity index (χ2v) is 5.34. The van der Waals surface area contributed by atoms with Crippen LogP contribution in [0.15, 0.2) is 61.2 Å². The smallest absolute Gasteiger partial charge is 0.141 e. The molecule has 0 saturated heterocycles. The van der Waals surface area contributed by atoms with E-state index in [4.69, 9.17) is 16.3 Å². The number of nitrogens with one attached hydrogen (secondary N) is 1. The van der Waals surface area contributed by atoms with Gasteiger partial charge in [-0.15, -0.1) is 0 Å². The van der Waals surface area contributed by atoms with Gasteiger partial charge in [-0.25, -0.2) is 9.37 Å². The van der Waals surface area contributed by atoms with E-state index in [-0.39, 0.29) is 5.02 Å². The van der Waals surface area contributed by atoms with Gasteiger partial charge >= 0.3 is 0 Å². The highest BCUT2D eigenvalue weighted by molar-refractivity contribution is 6.31. The van der Waals surface area contributed by atoms with E-state index >= 15 is 0 Å². The minimum Gasteiger partial charge on any atom is -0.492 e. The number of aromatic nitrogens is 2. The molecule has 0 amide bonds. The highest BCUT2D eigenvalue weighted by Crippen LogP contribution is 2.25. The Morgan fingerprint density at radius 1 is 1.17 bits per heavy atom. The third-order valence-corrected chi connectivity index (χ3v) is 3.51. The normalized spacial score (nSPS) is 10.5. The molecule has 2 aromatic carbocycles. The maximum Gasteiger partial charge on any atom is 0.141 e. The van der Waals surface area contributed by atoms with Gasteiger partial charge in [-0.2, -0.15) is 0 Å². The fourth-order valence-corrected chi connectivity index (χ4v) is 2.27. The first-order valence-corrected chi connectivity index (χ1v) is 7.49. The van der Waals surface area contributed by atoms with Crippen molar-refractivity contribution in [2.24, 2.45) is 0 Å². The van der Waals surface area contributed by atoms with Gasteiger partial charge in [0.25, 0.3) is 0 Å². The second kappa shape index (κ2) is 7.15. The van der Waals surface area contributed by atoms with Crippen LogP contribution in [-0.2, 0) is 6.54 Å². The van der Waals surface area contributed by atoms with Crippen molar-refractivity contribution in [3.63, 3.8) is 0 Å². The van der Waals surface area contributed by atoms with E-state index < -0.39 is 5.82 Å². The monoisotopic (exact) mass is 331 g/mol. The number of hydrogen-bond acceptors (Lipinski definition) is 3. The van der Waals surface area contributed by atoms with Gasteiger partial charge < -0.3 is 14.6 Å². The molecule has 0 aliphatic carbocycles. The largest absolute Gasteiger partial charge is 0.492 e. The Kier molecular flexibility index (Phi) is 4.78. The lowest BCUT2D eigenvalue weighted by Crippen LogP contribution is -2.06. The van der Waals surface area contributed by atoms with Crippen molar-refractivity contribution in [1.29, 1.82) is 0 Å². The maximum atomic E-state index is 13.2. The summed E-state index contributed by atoms with van der Waals surface area (Å²) in [6.07, 6.45) is 5.37. The Morgan fingerprint density at radius 3 is 2.83 bits per heavy atom. The summed E-state index contributed by atoms with van der Waals surface area (Å²) in [6, 6.07) is 12.1. The zero-order valence-corrected chi connectivity index (χ0v) is 13.0. The lowest BCUT2D eigenvalue weighted by Gasteiger charge is -2.10. The summed E-state index contributed by atoms with van der Waals surface area (Å²) in [5.74, 6) is 0.317. The average molecular weight is 332 g/mol. The van der Waals surface area contributed by atoms with Gasteiger partial charge in [0.05, 0.1) is 17.9 Å². The van der Waals surface area contributed by atoms with Crippen LogP contribution in [0.4, 0.5) is 15.8 Å². The molecule has 0 spiro atoms. The molecule has 23 heavy (non-hydrogen) atoms. The summed E-state index contributed by atoms with van der Waals surface area (Å²) in [5, 5.41) is 3.26. The third kappa shape index (κ3) is 4.23. The molecule has 1 aromatic heterocycles. The Labute approximate surface area is 138 Å². The molecule has 0 saturated carbocycles. The highest BCUT2D eigenvalue weighted by atomic mass is 35.5. The zero-order valence-electron chi connectivity index (χ0n) is 12.2. The van der Waals surface area contributed by atoms with E-state index in [2.05, 4.69) is 10.3 Å². The second-order valence-electron chi connectivity index (χ2n) is 4.93. The number of rotatable bonds is 6. The molecule has 0 aliphatic rings. The zero-order chi connectivity index (χ0) is 16.1. The lowest BCUT2D eigenvalue weighted by atomic mass is 10.2. The lowest BCUT2D eigenvalue weighted by molar-refractivity contribution is 0.298. The molecule has 3 rings (SSSR count). The summed E-state index contributed by atoms with van der Waals surface area (Å²) >= 11 is 5.78. The Bertz CT molecular complexity index is 777. The Hall–Kier alpha value is -2.53. The van der Waals surface area contributed by atoms with E-state index in [1.54, 1.807) is 24.7 Å². The van der Waals surface area contributed by atoms with Crippen LogP contribution in [0.3, 0.4) is 0 Å². The van der Waals surface area contributed by atoms with Gasteiger partial charge in [-0.3, -0.25) is 0 Å². The minimum atomic E-state index is -0.436. The molecule has 1 N–H and O–H groups in total. The molecule has 0 atom stereocenters. The van der Waals surface area contributed by atoms with Crippen LogP contribution in [0.25, 0.3) is 0 Å². The van der Waals surface area contributed by atoms with Crippen molar-refractivity contribution in [3.8, 4) is 5.75 Å². The topological polar surface area (TPSA) is 39.1 Å². The van der Waals surface area contributed by atoms with Crippen LogP contribution >= 0.6 is 11.6 Å². The molecular weight excluding hydrogens is 317 g/mol. The number of nitrogens with zero attached hydrogens (tertiary/aromatic N) is 2. The van der Waals surface area contributed by atoms with Crippen LogP contribution in [0.2, 0.25) is 5.02 Å². The summed E-state index contributed by atoms with van der Waals surface area (Å²) < 4.78 is 20.8. The van der Waals surface area contributed by atoms with Crippen LogP contribution < -0.4 is 10.1 Å². The number of imidazole rings is 1. The van der Waals surface area contributed by atoms with Crippen LogP contribution in [-0.4, -0.2) is 16.2 Å². The molecular formula is C17H15ClFN3O. The summed E-state index contributed by atoms with van der Waals surface area (Å²) in [4.78, 5) is 3.98. The van der Waals surface area contributed by atoms with Crippen LogP contribution in [0, 0.1) is 5.82 Å². The summed E-state index contributed by atoms with van der Waals surface area (Å²) in [6.45, 7) is 1.27. The number of benzene rings is 2. The molecule has 1 heterocycles. The molecule has 0 aliphatic heterocycles. The predicted molar refractivity (Wildman–Crippen MR) is 88.9 cm³/mol. The number of ether oxygens (including phenoxy) is 1. The molecule has 0 unspecified atom stereocenters. The maximum absolute atomic E-state index is 13.2. The first-order valence-electron chi connectivity index (χ1n) is 7.11. The summed E-state index contributed by atoms with van der Waals surface area (Å²) in [5.41, 5.74) is 1.56. The van der Waals surface area contributed by atoms with Gasteiger partial charge in [0.15, 0.2) is 0 Å². The van der Waals surface area contributed by atoms with Crippen LogP contribution in [0.5, 0.6) is 5.75 Å². The van der Waals surface area contributed by atoms with Crippen molar-refractivity contribution in [2.45, 2.75) is 6.54 Å². The van der Waals surface area contributed by atoms with Crippen molar-refractivity contribution in [2.75, 3.05) is 11.9 Å². The molecule has 3 aromatic rings. The van der Waals surface area contributed by atoms with Gasteiger partial charge in [0, 0.05) is 29.8 Å². The molecule has 0 bridgehead atoms. The van der Waals surface area contributed by atoms with E-state index in [1.165, 1.54) is 6.07 Å². The summed E-state index contributed by atoms with van der Waals surface area (Å²) in [7, 11) is 0. The molecule has 118 valence electrons. The van der Waals surface area contributed by atoms with Gasteiger partial charge in [0.1, 0.15) is 18.2 Å². The van der Waals surface area contributed by atoms with Crippen molar-refractivity contribution < 1.29 is 9.13 Å². The van der Waals surface area contributed by atoms with Crippen molar-refractivity contribution >= 4 is 23.0 Å². The van der Waals surface area contributed by atoms with Gasteiger partial charge in [0.2, 0.25) is 0 Å². The van der Waals surface area contributed by atoms with Gasteiger partial charge in [-0.1, -0.05) is 17.7 Å². The third-order valence-electron chi connectivity index (χ3n) is 3.22. The minimum absolute atomic E-state index is 0.0859. The Balaban J connectivity index is 1.61. The van der Waals surface area contributed by atoms with Crippen LogP contribution in [0.1, 0.15) is 0 Å². The van der Waals surface area contributed by atoms with Crippen molar-refractivity contribution in [1.82, 2.24) is 9.55 Å². The standard InChI is InChI=1S/C17H15ClFN3O/c18-16-11-14(4-5-17(16)19)21-13-2-1-3-15(10-13)23-9-8-22-7-6-20-12-22/h1-7,10-12,21H,8-9H2. The van der Waals surface area contributed by atoms with E-state index in [1.807, 2.05) is 35.0 Å². The fraction of sp³-hybridized carbons (Fsp3) is 0.118. The predicted octanol–water partition coefficient (Wildman–Crippen LogP) is 4.50. The van der Waals surface area contributed by atoms with E-state index in [0.717, 1.165) is 18.0 Å². The average Bonchev–Trinajstić information content (AvgIpc) is 3.05. The van der Waals surface area contributed by atoms with E-state index in [0.29, 0.717) is 12.3 Å². The molecule has 0 radical (unpaired) electrons. The SMILES string of the molecule is Fc1ccc(Nc2cccc(OCCn3ccnc3)c2)cc1Cl. The number of hydrogen-bond donors (Lipinski definition) is 1. The molecule has 0 fully saturated rings. The number of halogens is 2. The highest BCUT2D eigenvalue weighted by Gasteiger charge is 2.02. The van der Waals surface area contributed by atoms with Gasteiger partial charge in [-0.05, 0) is 30.3 Å². The van der Waals surface area contributed by atoms with E-state index in [9.17, 15) is 4.39 Å². The quantitative estimate of drug-likeness (QED) is 0.723. The Morgan fingerprint density at radius 2 is 2.04 bits per heavy atom. The fourth-order valence-electron chi connectivity index (χ4n) is 2.09. The number of anilines is 2. The molecule has 4 nitrogen and oxygen atoms in total. The molecule has 6 heteroatoms.